The van der Waals surface area contributed by atoms with E-state index in [9.17, 15) is 0 Å². The number of benzene rings is 1. The van der Waals surface area contributed by atoms with Crippen molar-refractivity contribution in [1.82, 2.24) is 5.32 Å². The first kappa shape index (κ1) is 16.1. The van der Waals surface area contributed by atoms with E-state index in [0.717, 1.165) is 30.8 Å². The smallest absolute Gasteiger partial charge is 0.180 e. The lowest BCUT2D eigenvalue weighted by molar-refractivity contribution is 0.224. The second-order valence-electron chi connectivity index (χ2n) is 4.68. The van der Waals surface area contributed by atoms with E-state index in [1.54, 1.807) is 0 Å². The van der Waals surface area contributed by atoms with Gasteiger partial charge in [0, 0.05) is 6.54 Å². The molecule has 0 saturated carbocycles. The van der Waals surface area contributed by atoms with Gasteiger partial charge in [0.25, 0.3) is 0 Å². The molecule has 1 N–H and O–H groups in total. The molecule has 0 radical (unpaired) electrons. The molecule has 0 unspecified atom stereocenters. The zero-order valence-electron chi connectivity index (χ0n) is 12.3. The molecule has 1 aromatic rings. The van der Waals surface area contributed by atoms with E-state index in [1.165, 1.54) is 0 Å². The molecule has 0 aromatic heterocycles. The quantitative estimate of drug-likeness (QED) is 0.732. The van der Waals surface area contributed by atoms with Crippen molar-refractivity contribution < 1.29 is 9.47 Å². The van der Waals surface area contributed by atoms with Crippen molar-refractivity contribution in [3.05, 3.63) is 22.7 Å². The van der Waals surface area contributed by atoms with Gasteiger partial charge < -0.3 is 14.8 Å². The largest absolute Gasteiger partial charge is 0.490 e. The Kier molecular flexibility index (Phi) is 7.03. The molecule has 0 saturated heterocycles. The zero-order valence-corrected chi connectivity index (χ0v) is 13.0. The molecular formula is C15H24ClNO2. The summed E-state index contributed by atoms with van der Waals surface area (Å²) >= 11 is 6.29. The van der Waals surface area contributed by atoms with Crippen LogP contribution < -0.4 is 14.8 Å². The molecule has 4 heteroatoms. The van der Waals surface area contributed by atoms with Gasteiger partial charge in [0.05, 0.1) is 17.7 Å². The van der Waals surface area contributed by atoms with Gasteiger partial charge in [0.1, 0.15) is 0 Å². The van der Waals surface area contributed by atoms with Crippen LogP contribution in [0.1, 0.15) is 39.7 Å². The summed E-state index contributed by atoms with van der Waals surface area (Å²) in [6, 6.07) is 3.93. The zero-order chi connectivity index (χ0) is 14.3. The predicted octanol–water partition coefficient (Wildman–Crippen LogP) is 4.03. The molecular weight excluding hydrogens is 262 g/mol. The minimum Gasteiger partial charge on any atom is -0.490 e. The third kappa shape index (κ3) is 5.29. The Morgan fingerprint density at radius 1 is 1.26 bits per heavy atom. The lowest BCUT2D eigenvalue weighted by Gasteiger charge is -2.17. The summed E-state index contributed by atoms with van der Waals surface area (Å²) in [4.78, 5) is 0. The van der Waals surface area contributed by atoms with E-state index in [4.69, 9.17) is 21.1 Å². The molecule has 108 valence electrons. The third-order valence-electron chi connectivity index (χ3n) is 2.48. The van der Waals surface area contributed by atoms with Crippen LogP contribution in [0.4, 0.5) is 0 Å². The lowest BCUT2D eigenvalue weighted by atomic mass is 10.2. The summed E-state index contributed by atoms with van der Waals surface area (Å²) in [6.07, 6.45) is 1.18. The van der Waals surface area contributed by atoms with Crippen LogP contribution in [0.3, 0.4) is 0 Å². The fourth-order valence-corrected chi connectivity index (χ4v) is 2.02. The maximum atomic E-state index is 6.29. The average molecular weight is 286 g/mol. The van der Waals surface area contributed by atoms with Crippen LogP contribution in [0.2, 0.25) is 5.02 Å². The van der Waals surface area contributed by atoms with Gasteiger partial charge in [0.15, 0.2) is 11.5 Å². The van der Waals surface area contributed by atoms with Gasteiger partial charge in [-0.1, -0.05) is 18.5 Å². The Labute approximate surface area is 121 Å². The highest BCUT2D eigenvalue weighted by Crippen LogP contribution is 2.37. The Balaban J connectivity index is 2.92. The van der Waals surface area contributed by atoms with Crippen LogP contribution >= 0.6 is 11.6 Å². The highest BCUT2D eigenvalue weighted by Gasteiger charge is 2.13. The highest BCUT2D eigenvalue weighted by molar-refractivity contribution is 6.32. The molecule has 0 spiro atoms. The van der Waals surface area contributed by atoms with Crippen molar-refractivity contribution in [3.63, 3.8) is 0 Å². The maximum absolute atomic E-state index is 6.29. The van der Waals surface area contributed by atoms with Crippen LogP contribution in [0.5, 0.6) is 11.5 Å². The molecule has 1 rings (SSSR count). The number of hydrogen-bond donors (Lipinski definition) is 1. The van der Waals surface area contributed by atoms with E-state index in [1.807, 2.05) is 32.9 Å². The summed E-state index contributed by atoms with van der Waals surface area (Å²) in [7, 11) is 0. The minimum absolute atomic E-state index is 0.0702. The monoisotopic (exact) mass is 285 g/mol. The standard InChI is InChI=1S/C15H24ClNO2/c1-5-7-17-10-12-8-13(16)15(19-11(3)4)14(9-12)18-6-2/h8-9,11,17H,5-7,10H2,1-4H3. The van der Waals surface area contributed by atoms with Crippen molar-refractivity contribution in [2.75, 3.05) is 13.2 Å². The second kappa shape index (κ2) is 8.28. The van der Waals surface area contributed by atoms with E-state index in [0.29, 0.717) is 17.4 Å². The van der Waals surface area contributed by atoms with Crippen molar-refractivity contribution in [2.45, 2.75) is 46.8 Å². The first-order valence-electron chi connectivity index (χ1n) is 6.91. The first-order valence-corrected chi connectivity index (χ1v) is 7.28. The summed E-state index contributed by atoms with van der Waals surface area (Å²) in [6.45, 7) is 10.4. The predicted molar refractivity (Wildman–Crippen MR) is 80.4 cm³/mol. The van der Waals surface area contributed by atoms with Gasteiger partial charge in [-0.2, -0.15) is 0 Å². The lowest BCUT2D eigenvalue weighted by Crippen LogP contribution is -2.14. The molecule has 3 nitrogen and oxygen atoms in total. The SMILES string of the molecule is CCCNCc1cc(Cl)c(OC(C)C)c(OCC)c1. The topological polar surface area (TPSA) is 30.5 Å². The summed E-state index contributed by atoms with van der Waals surface area (Å²) in [5.74, 6) is 1.36. The van der Waals surface area contributed by atoms with Gasteiger partial charge in [-0.15, -0.1) is 0 Å². The summed E-state index contributed by atoms with van der Waals surface area (Å²) in [5.41, 5.74) is 1.11. The van der Waals surface area contributed by atoms with Crippen molar-refractivity contribution in [1.29, 1.82) is 0 Å². The van der Waals surface area contributed by atoms with Crippen molar-refractivity contribution >= 4 is 11.6 Å². The van der Waals surface area contributed by atoms with E-state index in [-0.39, 0.29) is 6.10 Å². The molecule has 0 aliphatic heterocycles. The number of rotatable bonds is 8. The van der Waals surface area contributed by atoms with Gasteiger partial charge in [0.2, 0.25) is 0 Å². The van der Waals surface area contributed by atoms with Gasteiger partial charge in [-0.25, -0.2) is 0 Å². The second-order valence-corrected chi connectivity index (χ2v) is 5.09. The van der Waals surface area contributed by atoms with Crippen LogP contribution in [-0.4, -0.2) is 19.3 Å². The maximum Gasteiger partial charge on any atom is 0.180 e. The normalized spacial score (nSPS) is 10.8. The number of hydrogen-bond acceptors (Lipinski definition) is 3. The van der Waals surface area contributed by atoms with Crippen molar-refractivity contribution in [2.24, 2.45) is 0 Å². The van der Waals surface area contributed by atoms with Gasteiger partial charge in [-0.05, 0) is 51.4 Å². The average Bonchev–Trinajstić information content (AvgIpc) is 2.34. The first-order chi connectivity index (χ1) is 9.08. The van der Waals surface area contributed by atoms with E-state index in [2.05, 4.69) is 12.2 Å². The summed E-state index contributed by atoms with van der Waals surface area (Å²) in [5, 5.41) is 3.96. The Hall–Kier alpha value is -0.930. The molecule has 0 aliphatic rings. The van der Waals surface area contributed by atoms with E-state index >= 15 is 0 Å². The van der Waals surface area contributed by atoms with Crippen LogP contribution in [-0.2, 0) is 6.54 Å². The molecule has 19 heavy (non-hydrogen) atoms. The number of ether oxygens (including phenoxy) is 2. The Morgan fingerprint density at radius 3 is 2.58 bits per heavy atom. The third-order valence-corrected chi connectivity index (χ3v) is 2.76. The Bertz CT molecular complexity index is 394. The fourth-order valence-electron chi connectivity index (χ4n) is 1.75. The Morgan fingerprint density at radius 2 is 2.00 bits per heavy atom. The minimum atomic E-state index is 0.0702. The molecule has 0 amide bonds. The van der Waals surface area contributed by atoms with Crippen LogP contribution in [0.25, 0.3) is 0 Å². The molecule has 1 aromatic carbocycles. The van der Waals surface area contributed by atoms with Crippen LogP contribution in [0.15, 0.2) is 12.1 Å². The molecule has 0 aliphatic carbocycles. The van der Waals surface area contributed by atoms with Crippen LogP contribution in [0, 0.1) is 0 Å². The molecule has 0 fully saturated rings. The molecule has 0 bridgehead atoms. The number of nitrogens with one attached hydrogen (secondary N) is 1. The van der Waals surface area contributed by atoms with Crippen molar-refractivity contribution in [3.8, 4) is 11.5 Å². The summed E-state index contributed by atoms with van der Waals surface area (Å²) < 4.78 is 11.4. The highest BCUT2D eigenvalue weighted by atomic mass is 35.5. The fraction of sp³-hybridized carbons (Fsp3) is 0.600. The van der Waals surface area contributed by atoms with Gasteiger partial charge >= 0.3 is 0 Å². The van der Waals surface area contributed by atoms with Gasteiger partial charge in [-0.3, -0.25) is 0 Å². The molecule has 0 atom stereocenters. The molecule has 0 heterocycles. The van der Waals surface area contributed by atoms with E-state index < -0.39 is 0 Å². The number of halogens is 1.